The molecule has 2 atom stereocenters. The van der Waals surface area contributed by atoms with E-state index in [-0.39, 0.29) is 24.5 Å². The average molecular weight is 458 g/mol. The molecule has 3 aliphatic rings. The number of aliphatic carboxylic acids is 1. The number of aliphatic hydroxyl groups excluding tert-OH is 1. The molecule has 2 aliphatic heterocycles. The zero-order valence-electron chi connectivity index (χ0n) is 18.7. The van der Waals surface area contributed by atoms with Crippen LogP contribution in [0.4, 0.5) is 16.4 Å². The number of carbonyl (C=O) groups excluding carboxylic acids is 1. The van der Waals surface area contributed by atoms with Gasteiger partial charge in [-0.15, -0.1) is 0 Å². The molecule has 1 aromatic rings. The third-order valence-corrected chi connectivity index (χ3v) is 6.29. The number of hydrogen-bond donors (Lipinski definition) is 3. The third kappa shape index (κ3) is 6.15. The van der Waals surface area contributed by atoms with Gasteiger partial charge in [-0.05, 0) is 44.1 Å². The molecule has 33 heavy (non-hydrogen) atoms. The van der Waals surface area contributed by atoms with E-state index < -0.39 is 5.97 Å². The number of amides is 2. The van der Waals surface area contributed by atoms with Gasteiger partial charge in [0, 0.05) is 32.5 Å². The Kier molecular flexibility index (Phi) is 7.31. The van der Waals surface area contributed by atoms with Crippen molar-refractivity contribution in [2.75, 3.05) is 36.4 Å². The Bertz CT molecular complexity index is 934. The van der Waals surface area contributed by atoms with Gasteiger partial charge in [0.05, 0.1) is 18.9 Å². The van der Waals surface area contributed by atoms with Gasteiger partial charge in [-0.25, -0.2) is 9.78 Å². The van der Waals surface area contributed by atoms with E-state index in [2.05, 4.69) is 20.2 Å². The van der Waals surface area contributed by atoms with Crippen LogP contribution in [0.1, 0.15) is 44.9 Å². The summed E-state index contributed by atoms with van der Waals surface area (Å²) >= 11 is 0. The van der Waals surface area contributed by atoms with Crippen molar-refractivity contribution < 1.29 is 24.5 Å². The van der Waals surface area contributed by atoms with Crippen molar-refractivity contribution in [2.45, 2.75) is 51.0 Å². The lowest BCUT2D eigenvalue weighted by Gasteiger charge is -2.34. The second kappa shape index (κ2) is 10.5. The van der Waals surface area contributed by atoms with Crippen LogP contribution in [0, 0.1) is 5.92 Å². The van der Waals surface area contributed by atoms with E-state index in [9.17, 15) is 14.7 Å². The molecule has 0 saturated carbocycles. The smallest absolute Gasteiger partial charge is 0.323 e. The Morgan fingerprint density at radius 1 is 1.21 bits per heavy atom. The van der Waals surface area contributed by atoms with Crippen molar-refractivity contribution in [1.82, 2.24) is 14.9 Å². The average Bonchev–Trinajstić information content (AvgIpc) is 3.29. The number of rotatable bonds is 7. The maximum atomic E-state index is 12.7. The van der Waals surface area contributed by atoms with Gasteiger partial charge in [0.1, 0.15) is 17.7 Å². The molecule has 0 radical (unpaired) electrons. The van der Waals surface area contributed by atoms with Crippen LogP contribution in [0.5, 0.6) is 0 Å². The van der Waals surface area contributed by atoms with Crippen LogP contribution in [0.3, 0.4) is 0 Å². The maximum absolute atomic E-state index is 12.7. The van der Waals surface area contributed by atoms with Gasteiger partial charge in [-0.3, -0.25) is 15.1 Å². The Morgan fingerprint density at radius 3 is 2.91 bits per heavy atom. The molecule has 2 amide bonds. The van der Waals surface area contributed by atoms with Crippen molar-refractivity contribution in [1.29, 1.82) is 0 Å². The molecule has 3 N–H and O–H groups in total. The van der Waals surface area contributed by atoms with Crippen molar-refractivity contribution in [2.24, 2.45) is 5.92 Å². The van der Waals surface area contributed by atoms with Crippen LogP contribution < -0.4 is 10.2 Å². The van der Waals surface area contributed by atoms with Gasteiger partial charge in [0.25, 0.3) is 0 Å². The Morgan fingerprint density at radius 2 is 2.09 bits per heavy atom. The maximum Gasteiger partial charge on any atom is 0.323 e. The summed E-state index contributed by atoms with van der Waals surface area (Å²) in [6.07, 6.45) is 11.7. The predicted octanol–water partition coefficient (Wildman–Crippen LogP) is 3.30. The minimum absolute atomic E-state index is 0.0639. The van der Waals surface area contributed by atoms with Gasteiger partial charge >= 0.3 is 12.0 Å². The van der Waals surface area contributed by atoms with E-state index in [0.717, 1.165) is 32.2 Å². The molecule has 1 aliphatic carbocycles. The molecule has 178 valence electrons. The van der Waals surface area contributed by atoms with Crippen LogP contribution >= 0.6 is 0 Å². The summed E-state index contributed by atoms with van der Waals surface area (Å²) in [5, 5.41) is 21.7. The summed E-state index contributed by atoms with van der Waals surface area (Å²) in [6, 6.07) is -0.245. The van der Waals surface area contributed by atoms with E-state index in [1.54, 1.807) is 11.1 Å². The number of carboxylic acids is 1. The second-order valence-electron chi connectivity index (χ2n) is 8.81. The summed E-state index contributed by atoms with van der Waals surface area (Å²) in [4.78, 5) is 36.0. The molecule has 3 heterocycles. The van der Waals surface area contributed by atoms with Crippen molar-refractivity contribution in [3.05, 3.63) is 36.1 Å². The Labute approximate surface area is 193 Å². The number of aliphatic hydroxyl groups is 1. The molecule has 4 rings (SSSR count). The zero-order chi connectivity index (χ0) is 23.2. The number of nitrogens with one attached hydrogen (secondary N) is 1. The molecule has 2 fully saturated rings. The second-order valence-corrected chi connectivity index (χ2v) is 8.81. The topological polar surface area (TPSA) is 128 Å². The highest BCUT2D eigenvalue weighted by Gasteiger charge is 2.28. The van der Waals surface area contributed by atoms with E-state index in [1.807, 2.05) is 12.2 Å². The molecule has 10 nitrogen and oxygen atoms in total. The fourth-order valence-corrected chi connectivity index (χ4v) is 4.50. The first-order chi connectivity index (χ1) is 16.0. The SMILES string of the molecule is O=C(O)CCC1CCN(C(=O)Nc2cncc(N3CCCC(OC4=C(O)CCC=C4)C3)n2)C1. The molecule has 2 unspecified atom stereocenters. The first-order valence-corrected chi connectivity index (χ1v) is 11.6. The van der Waals surface area contributed by atoms with E-state index >= 15 is 0 Å². The van der Waals surface area contributed by atoms with Crippen molar-refractivity contribution in [3.63, 3.8) is 0 Å². The number of carboxylic acid groups (broad SMARTS) is 1. The lowest BCUT2D eigenvalue weighted by molar-refractivity contribution is -0.137. The molecule has 0 spiro atoms. The summed E-state index contributed by atoms with van der Waals surface area (Å²) < 4.78 is 6.04. The minimum Gasteiger partial charge on any atom is -0.508 e. The number of piperidine rings is 1. The van der Waals surface area contributed by atoms with Crippen LogP contribution in [0.2, 0.25) is 0 Å². The fourth-order valence-electron chi connectivity index (χ4n) is 4.50. The summed E-state index contributed by atoms with van der Waals surface area (Å²) in [7, 11) is 0. The number of carbonyl (C=O) groups is 2. The Hall–Kier alpha value is -3.30. The minimum atomic E-state index is -0.806. The van der Waals surface area contributed by atoms with Gasteiger partial charge in [0.15, 0.2) is 11.6 Å². The number of ether oxygens (including phenoxy) is 1. The van der Waals surface area contributed by atoms with Gasteiger partial charge in [0.2, 0.25) is 0 Å². The van der Waals surface area contributed by atoms with Crippen molar-refractivity contribution in [3.8, 4) is 0 Å². The monoisotopic (exact) mass is 457 g/mol. The van der Waals surface area contributed by atoms with Crippen LogP contribution in [-0.2, 0) is 9.53 Å². The summed E-state index contributed by atoms with van der Waals surface area (Å²) in [5.74, 6) is 1.30. The van der Waals surface area contributed by atoms with E-state index in [4.69, 9.17) is 9.84 Å². The highest BCUT2D eigenvalue weighted by atomic mass is 16.5. The largest absolute Gasteiger partial charge is 0.508 e. The standard InChI is InChI=1S/C23H31N5O5/c29-18-5-1-2-6-19(18)33-17-4-3-10-27(15-17)21-13-24-12-20(25-21)26-23(32)28-11-9-16(14-28)7-8-22(30)31/h2,6,12-13,16-17,29H,1,3-5,7-11,14-15H2,(H,30,31)(H,25,26,32). The predicted molar refractivity (Wildman–Crippen MR) is 122 cm³/mol. The Balaban J connectivity index is 1.32. The number of hydrogen-bond acceptors (Lipinski definition) is 7. The zero-order valence-corrected chi connectivity index (χ0v) is 18.7. The molecular formula is C23H31N5O5. The lowest BCUT2D eigenvalue weighted by Crippen LogP contribution is -2.40. The number of nitrogens with zero attached hydrogens (tertiary/aromatic N) is 4. The van der Waals surface area contributed by atoms with Gasteiger partial charge in [-0.1, -0.05) is 6.08 Å². The first-order valence-electron chi connectivity index (χ1n) is 11.6. The van der Waals surface area contributed by atoms with Gasteiger partial charge < -0.3 is 24.7 Å². The highest BCUT2D eigenvalue weighted by Crippen LogP contribution is 2.26. The molecule has 10 heteroatoms. The lowest BCUT2D eigenvalue weighted by atomic mass is 10.0. The number of urea groups is 1. The molecular weight excluding hydrogens is 426 g/mol. The third-order valence-electron chi connectivity index (χ3n) is 6.29. The number of allylic oxidation sites excluding steroid dienone is 3. The van der Waals surface area contributed by atoms with Crippen LogP contribution in [0.25, 0.3) is 0 Å². The molecule has 0 bridgehead atoms. The normalized spacial score (nSPS) is 23.0. The van der Waals surface area contributed by atoms with E-state index in [0.29, 0.717) is 55.6 Å². The molecule has 1 aromatic heterocycles. The fraction of sp³-hybridized carbons (Fsp3) is 0.565. The van der Waals surface area contributed by atoms with Crippen LogP contribution in [-0.4, -0.2) is 69.4 Å². The number of aromatic nitrogens is 2. The van der Waals surface area contributed by atoms with Crippen molar-refractivity contribution >= 4 is 23.6 Å². The van der Waals surface area contributed by atoms with E-state index in [1.165, 1.54) is 6.20 Å². The van der Waals surface area contributed by atoms with Crippen LogP contribution in [0.15, 0.2) is 36.1 Å². The highest BCUT2D eigenvalue weighted by molar-refractivity contribution is 5.88. The summed E-state index contributed by atoms with van der Waals surface area (Å²) in [5.41, 5.74) is 0. The number of likely N-dealkylation sites (tertiary alicyclic amines) is 1. The molecule has 0 aromatic carbocycles. The summed E-state index contributed by atoms with van der Waals surface area (Å²) in [6.45, 7) is 2.58. The first kappa shape index (κ1) is 22.9. The number of anilines is 2. The quantitative estimate of drug-likeness (QED) is 0.569. The van der Waals surface area contributed by atoms with Gasteiger partial charge in [-0.2, -0.15) is 0 Å². The molecule has 2 saturated heterocycles.